The van der Waals surface area contributed by atoms with Crippen molar-refractivity contribution in [2.75, 3.05) is 27.2 Å². The van der Waals surface area contributed by atoms with Crippen LogP contribution in [-0.4, -0.2) is 49.6 Å². The lowest BCUT2D eigenvalue weighted by molar-refractivity contribution is 0.0647. The quantitative estimate of drug-likeness (QED) is 0.708. The van der Waals surface area contributed by atoms with E-state index in [1.54, 1.807) is 0 Å². The topological polar surface area (TPSA) is 39.7 Å². The lowest BCUT2D eigenvalue weighted by Gasteiger charge is -2.47. The number of nitrogens with one attached hydrogen (secondary N) is 2. The Kier molecular flexibility index (Phi) is 2.87. The molecule has 4 nitrogen and oxygen atoms in total. The molecule has 1 fully saturated rings. The molecule has 2 aliphatic rings. The van der Waals surface area contributed by atoms with E-state index in [0.29, 0.717) is 11.6 Å². The second kappa shape index (κ2) is 4.00. The maximum atomic E-state index is 4.41. The average molecular weight is 210 g/mol. The zero-order valence-electron chi connectivity index (χ0n) is 10.0. The number of guanidine groups is 1. The van der Waals surface area contributed by atoms with Crippen LogP contribution < -0.4 is 10.6 Å². The largest absolute Gasteiger partial charge is 0.355 e. The summed E-state index contributed by atoms with van der Waals surface area (Å²) in [5, 5.41) is 6.77. The van der Waals surface area contributed by atoms with Crippen LogP contribution >= 0.6 is 0 Å². The SMILES string of the molecule is CC1CN=C(NCC2(N(C)C)CCC2)N1. The number of aliphatic imine (C=N–C) groups is 1. The van der Waals surface area contributed by atoms with Gasteiger partial charge >= 0.3 is 0 Å². The normalized spacial score (nSPS) is 28.3. The second-order valence-electron chi connectivity index (χ2n) is 5.06. The molecule has 1 aliphatic heterocycles. The summed E-state index contributed by atoms with van der Waals surface area (Å²) < 4.78 is 0. The van der Waals surface area contributed by atoms with Gasteiger partial charge < -0.3 is 15.5 Å². The minimum atomic E-state index is 0.371. The monoisotopic (exact) mass is 210 g/mol. The molecule has 1 unspecified atom stereocenters. The van der Waals surface area contributed by atoms with Crippen molar-refractivity contribution in [1.29, 1.82) is 0 Å². The lowest BCUT2D eigenvalue weighted by Crippen LogP contribution is -2.58. The Bertz CT molecular complexity index is 255. The first kappa shape index (κ1) is 10.7. The van der Waals surface area contributed by atoms with Gasteiger partial charge in [0.15, 0.2) is 5.96 Å². The van der Waals surface area contributed by atoms with Gasteiger partial charge in [0, 0.05) is 18.1 Å². The first-order chi connectivity index (χ1) is 7.12. The van der Waals surface area contributed by atoms with Crippen molar-refractivity contribution in [1.82, 2.24) is 15.5 Å². The molecule has 1 aliphatic carbocycles. The zero-order chi connectivity index (χ0) is 10.9. The highest BCUT2D eigenvalue weighted by atomic mass is 15.3. The summed E-state index contributed by atoms with van der Waals surface area (Å²) >= 11 is 0. The van der Waals surface area contributed by atoms with E-state index in [1.807, 2.05) is 0 Å². The standard InChI is InChI=1S/C11H22N4/c1-9-7-12-10(14-9)13-8-11(15(2)3)5-4-6-11/h9H,4-8H2,1-3H3,(H2,12,13,14). The van der Waals surface area contributed by atoms with E-state index < -0.39 is 0 Å². The fourth-order valence-corrected chi connectivity index (χ4v) is 2.28. The molecule has 4 heteroatoms. The summed E-state index contributed by atoms with van der Waals surface area (Å²) in [5.41, 5.74) is 0.371. The van der Waals surface area contributed by atoms with Crippen LogP contribution in [0.2, 0.25) is 0 Å². The second-order valence-corrected chi connectivity index (χ2v) is 5.06. The van der Waals surface area contributed by atoms with Crippen molar-refractivity contribution in [3.8, 4) is 0 Å². The third-order valence-electron chi connectivity index (χ3n) is 3.72. The van der Waals surface area contributed by atoms with Crippen LogP contribution in [0.1, 0.15) is 26.2 Å². The highest BCUT2D eigenvalue weighted by Gasteiger charge is 2.39. The Labute approximate surface area is 92.1 Å². The van der Waals surface area contributed by atoms with Crippen molar-refractivity contribution in [2.24, 2.45) is 4.99 Å². The molecule has 2 N–H and O–H groups in total. The summed E-state index contributed by atoms with van der Waals surface area (Å²) in [6.45, 7) is 4.07. The van der Waals surface area contributed by atoms with E-state index in [2.05, 4.69) is 41.5 Å². The number of likely N-dealkylation sites (N-methyl/N-ethyl adjacent to an activating group) is 1. The number of rotatable bonds is 3. The zero-order valence-corrected chi connectivity index (χ0v) is 10.0. The molecule has 0 amide bonds. The number of hydrogen-bond acceptors (Lipinski definition) is 4. The van der Waals surface area contributed by atoms with Crippen molar-refractivity contribution in [3.05, 3.63) is 0 Å². The van der Waals surface area contributed by atoms with Gasteiger partial charge in [-0.2, -0.15) is 0 Å². The van der Waals surface area contributed by atoms with Crippen LogP contribution in [0.15, 0.2) is 4.99 Å². The predicted molar refractivity (Wildman–Crippen MR) is 63.2 cm³/mol. The van der Waals surface area contributed by atoms with Crippen molar-refractivity contribution in [3.63, 3.8) is 0 Å². The molecule has 86 valence electrons. The third kappa shape index (κ3) is 2.09. The molecule has 0 aromatic rings. The molecule has 0 spiro atoms. The van der Waals surface area contributed by atoms with E-state index in [0.717, 1.165) is 19.0 Å². The van der Waals surface area contributed by atoms with Crippen LogP contribution in [-0.2, 0) is 0 Å². The van der Waals surface area contributed by atoms with E-state index in [4.69, 9.17) is 0 Å². The number of nitrogens with zero attached hydrogens (tertiary/aromatic N) is 2. The smallest absolute Gasteiger partial charge is 0.191 e. The Morgan fingerprint density at radius 1 is 1.53 bits per heavy atom. The van der Waals surface area contributed by atoms with E-state index in [9.17, 15) is 0 Å². The average Bonchev–Trinajstić information content (AvgIpc) is 2.49. The maximum absolute atomic E-state index is 4.41. The van der Waals surface area contributed by atoms with Crippen LogP contribution in [0.3, 0.4) is 0 Å². The van der Waals surface area contributed by atoms with Crippen LogP contribution in [0, 0.1) is 0 Å². The molecule has 2 rings (SSSR count). The number of hydrogen-bond donors (Lipinski definition) is 2. The molecular formula is C11H22N4. The Balaban J connectivity index is 1.82. The van der Waals surface area contributed by atoms with Gasteiger partial charge in [-0.3, -0.25) is 4.99 Å². The minimum absolute atomic E-state index is 0.371. The fourth-order valence-electron chi connectivity index (χ4n) is 2.28. The maximum Gasteiger partial charge on any atom is 0.191 e. The molecule has 0 radical (unpaired) electrons. The molecule has 0 aromatic carbocycles. The summed E-state index contributed by atoms with van der Waals surface area (Å²) in [5.74, 6) is 0.982. The van der Waals surface area contributed by atoms with E-state index in [1.165, 1.54) is 19.3 Å². The summed E-state index contributed by atoms with van der Waals surface area (Å²) in [6, 6.07) is 0.490. The highest BCUT2D eigenvalue weighted by molar-refractivity contribution is 5.81. The van der Waals surface area contributed by atoms with Gasteiger partial charge in [-0.15, -0.1) is 0 Å². The molecule has 0 saturated heterocycles. The van der Waals surface area contributed by atoms with Crippen molar-refractivity contribution in [2.45, 2.75) is 37.8 Å². The minimum Gasteiger partial charge on any atom is -0.355 e. The van der Waals surface area contributed by atoms with Gasteiger partial charge in [-0.25, -0.2) is 0 Å². The first-order valence-corrected chi connectivity index (χ1v) is 5.85. The van der Waals surface area contributed by atoms with E-state index in [-0.39, 0.29) is 0 Å². The van der Waals surface area contributed by atoms with Gasteiger partial charge in [-0.05, 0) is 40.3 Å². The molecule has 0 aromatic heterocycles. The third-order valence-corrected chi connectivity index (χ3v) is 3.72. The molecule has 0 bridgehead atoms. The summed E-state index contributed by atoms with van der Waals surface area (Å²) in [7, 11) is 4.35. The Morgan fingerprint density at radius 3 is 2.67 bits per heavy atom. The molecule has 1 saturated carbocycles. The highest BCUT2D eigenvalue weighted by Crippen LogP contribution is 2.35. The lowest BCUT2D eigenvalue weighted by atomic mass is 9.75. The molecule has 1 heterocycles. The fraction of sp³-hybridized carbons (Fsp3) is 0.909. The van der Waals surface area contributed by atoms with E-state index >= 15 is 0 Å². The molecule has 15 heavy (non-hydrogen) atoms. The van der Waals surface area contributed by atoms with Crippen molar-refractivity contribution < 1.29 is 0 Å². The molecule has 1 atom stereocenters. The van der Waals surface area contributed by atoms with Crippen LogP contribution in [0.4, 0.5) is 0 Å². The Morgan fingerprint density at radius 2 is 2.27 bits per heavy atom. The van der Waals surface area contributed by atoms with Gasteiger partial charge in [0.25, 0.3) is 0 Å². The van der Waals surface area contributed by atoms with Gasteiger partial charge in [0.2, 0.25) is 0 Å². The predicted octanol–water partition coefficient (Wildman–Crippen LogP) is 0.408. The summed E-state index contributed by atoms with van der Waals surface area (Å²) in [6.07, 6.45) is 3.96. The summed E-state index contributed by atoms with van der Waals surface area (Å²) in [4.78, 5) is 6.76. The Hall–Kier alpha value is -0.770. The molecular weight excluding hydrogens is 188 g/mol. The van der Waals surface area contributed by atoms with Crippen LogP contribution in [0.5, 0.6) is 0 Å². The van der Waals surface area contributed by atoms with Gasteiger partial charge in [-0.1, -0.05) is 0 Å². The van der Waals surface area contributed by atoms with Gasteiger partial charge in [0.1, 0.15) is 0 Å². The first-order valence-electron chi connectivity index (χ1n) is 5.85. The van der Waals surface area contributed by atoms with Crippen LogP contribution in [0.25, 0.3) is 0 Å². The van der Waals surface area contributed by atoms with Crippen molar-refractivity contribution >= 4 is 5.96 Å². The van der Waals surface area contributed by atoms with Gasteiger partial charge in [0.05, 0.1) is 6.54 Å².